The summed E-state index contributed by atoms with van der Waals surface area (Å²) in [6.45, 7) is 7.40. The molecule has 0 aliphatic carbocycles. The molecule has 2 heterocycles. The van der Waals surface area contributed by atoms with Crippen LogP contribution in [0.2, 0.25) is 5.02 Å². The van der Waals surface area contributed by atoms with E-state index in [0.29, 0.717) is 11.3 Å². The van der Waals surface area contributed by atoms with Gasteiger partial charge in [0, 0.05) is 0 Å². The van der Waals surface area contributed by atoms with Crippen molar-refractivity contribution in [3.8, 4) is 29.0 Å². The summed E-state index contributed by atoms with van der Waals surface area (Å²) in [4.78, 5) is 25.8. The first-order valence-electron chi connectivity index (χ1n) is 12.4. The molecule has 0 radical (unpaired) electrons. The Bertz CT molecular complexity index is 1620. The average molecular weight is 563 g/mol. The van der Waals surface area contributed by atoms with E-state index in [4.69, 9.17) is 36.3 Å². The monoisotopic (exact) mass is 562 g/mol. The van der Waals surface area contributed by atoms with Gasteiger partial charge in [0.2, 0.25) is 5.88 Å². The molecule has 0 fully saturated rings. The van der Waals surface area contributed by atoms with Gasteiger partial charge < -0.3 is 24.7 Å². The molecular weight excluding hydrogens is 536 g/mol. The first-order valence-corrected chi connectivity index (χ1v) is 12.8. The van der Waals surface area contributed by atoms with E-state index in [2.05, 4.69) is 5.10 Å². The van der Waals surface area contributed by atoms with Gasteiger partial charge in [-0.25, -0.2) is 4.79 Å². The summed E-state index contributed by atoms with van der Waals surface area (Å²) in [5.41, 5.74) is 7.76. The number of nitrogens with zero attached hydrogens (tertiary/aromatic N) is 3. The smallest absolute Gasteiger partial charge is 0.338 e. The number of carbonyl (C=O) groups excluding carboxylic acids is 1. The van der Waals surface area contributed by atoms with Crippen molar-refractivity contribution < 1.29 is 23.7 Å². The third kappa shape index (κ3) is 5.51. The Kier molecular flexibility index (Phi) is 8.46. The lowest BCUT2D eigenvalue weighted by atomic mass is 9.83. The van der Waals surface area contributed by atoms with Gasteiger partial charge in [-0.05, 0) is 57.5 Å². The molecule has 0 saturated heterocycles. The molecule has 1 unspecified atom stereocenters. The molecule has 0 amide bonds. The number of benzene rings is 2. The highest BCUT2D eigenvalue weighted by atomic mass is 35.5. The summed E-state index contributed by atoms with van der Waals surface area (Å²) < 4.78 is 23.7. The number of halogens is 1. The van der Waals surface area contributed by atoms with Crippen LogP contribution in [0.3, 0.4) is 0 Å². The standard InChI is InChI=1S/C29H27ClN4O6/c1-5-37-22-13-18(25-20(14-31)27(32)39-17(4)24(25)29(36)38-6-2)9-12-21(22)40-23-15-33-34(28(35)26(23)30)19-10-7-16(3)8-11-19/h7-13,15,25H,5-6,32H2,1-4H3. The largest absolute Gasteiger partial charge is 0.490 e. The fourth-order valence-corrected chi connectivity index (χ4v) is 4.39. The summed E-state index contributed by atoms with van der Waals surface area (Å²) in [5, 5.41) is 13.9. The van der Waals surface area contributed by atoms with Gasteiger partial charge in [-0.2, -0.15) is 15.0 Å². The van der Waals surface area contributed by atoms with Crippen molar-refractivity contribution in [1.82, 2.24) is 9.78 Å². The fraction of sp³-hybridized carbons (Fsp3) is 0.241. The normalized spacial score (nSPS) is 14.8. The number of rotatable bonds is 8. The van der Waals surface area contributed by atoms with E-state index in [1.807, 2.05) is 25.1 Å². The first kappa shape index (κ1) is 28.3. The minimum Gasteiger partial charge on any atom is -0.490 e. The molecule has 1 aliphatic rings. The summed E-state index contributed by atoms with van der Waals surface area (Å²) in [7, 11) is 0. The molecule has 3 aromatic rings. The third-order valence-corrected chi connectivity index (χ3v) is 6.44. The van der Waals surface area contributed by atoms with Crippen LogP contribution >= 0.6 is 11.6 Å². The molecule has 11 heteroatoms. The number of hydrogen-bond acceptors (Lipinski definition) is 9. The Labute approximate surface area is 235 Å². The highest BCUT2D eigenvalue weighted by Crippen LogP contribution is 2.43. The maximum atomic E-state index is 13.0. The molecule has 2 aromatic carbocycles. The van der Waals surface area contributed by atoms with E-state index in [1.54, 1.807) is 51.1 Å². The van der Waals surface area contributed by atoms with Gasteiger partial charge in [0.1, 0.15) is 17.4 Å². The van der Waals surface area contributed by atoms with Crippen molar-refractivity contribution in [2.45, 2.75) is 33.6 Å². The van der Waals surface area contributed by atoms with E-state index < -0.39 is 17.4 Å². The van der Waals surface area contributed by atoms with E-state index in [9.17, 15) is 14.9 Å². The minimum atomic E-state index is -0.866. The van der Waals surface area contributed by atoms with Crippen LogP contribution in [-0.2, 0) is 14.3 Å². The molecule has 206 valence electrons. The van der Waals surface area contributed by atoms with E-state index in [0.717, 1.165) is 5.56 Å². The molecule has 1 aliphatic heterocycles. The second-order valence-corrected chi connectivity index (χ2v) is 9.11. The van der Waals surface area contributed by atoms with Crippen LogP contribution in [0, 0.1) is 18.3 Å². The maximum Gasteiger partial charge on any atom is 0.338 e. The topological polar surface area (TPSA) is 139 Å². The predicted octanol–water partition coefficient (Wildman–Crippen LogP) is 5.03. The second kappa shape index (κ2) is 12.0. The molecule has 4 rings (SSSR count). The Balaban J connectivity index is 1.75. The SMILES string of the molecule is CCOC(=O)C1=C(C)OC(N)=C(C#N)C1c1ccc(Oc2cnn(-c3ccc(C)cc3)c(=O)c2Cl)c(OCC)c1. The van der Waals surface area contributed by atoms with Crippen molar-refractivity contribution in [3.63, 3.8) is 0 Å². The number of esters is 1. The van der Waals surface area contributed by atoms with Crippen molar-refractivity contribution in [1.29, 1.82) is 5.26 Å². The first-order chi connectivity index (χ1) is 19.2. The van der Waals surface area contributed by atoms with Crippen molar-refractivity contribution in [3.05, 3.63) is 98.0 Å². The molecule has 0 saturated carbocycles. The van der Waals surface area contributed by atoms with Gasteiger partial charge >= 0.3 is 5.97 Å². The van der Waals surface area contributed by atoms with Crippen molar-refractivity contribution >= 4 is 17.6 Å². The van der Waals surface area contributed by atoms with E-state index in [1.165, 1.54) is 10.9 Å². The molecule has 0 spiro atoms. The van der Waals surface area contributed by atoms with Crippen LogP contribution in [0.25, 0.3) is 5.69 Å². The minimum absolute atomic E-state index is 0.0274. The molecule has 40 heavy (non-hydrogen) atoms. The Morgan fingerprint density at radius 3 is 2.50 bits per heavy atom. The van der Waals surface area contributed by atoms with Crippen LogP contribution in [0.5, 0.6) is 17.2 Å². The summed E-state index contributed by atoms with van der Waals surface area (Å²) in [6, 6.07) is 14.2. The number of ether oxygens (including phenoxy) is 4. The number of aryl methyl sites for hydroxylation is 1. The van der Waals surface area contributed by atoms with Gasteiger partial charge in [-0.3, -0.25) is 4.79 Å². The Morgan fingerprint density at radius 2 is 1.85 bits per heavy atom. The van der Waals surface area contributed by atoms with Crippen LogP contribution in [0.1, 0.15) is 37.8 Å². The number of hydrogen-bond donors (Lipinski definition) is 1. The zero-order chi connectivity index (χ0) is 29.0. The number of nitriles is 1. The van der Waals surface area contributed by atoms with Crippen molar-refractivity contribution in [2.24, 2.45) is 5.73 Å². The molecule has 0 bridgehead atoms. The maximum absolute atomic E-state index is 13.0. The highest BCUT2D eigenvalue weighted by molar-refractivity contribution is 6.31. The van der Waals surface area contributed by atoms with Crippen molar-refractivity contribution in [2.75, 3.05) is 13.2 Å². The zero-order valence-corrected chi connectivity index (χ0v) is 23.1. The summed E-state index contributed by atoms with van der Waals surface area (Å²) >= 11 is 6.40. The number of aromatic nitrogens is 2. The van der Waals surface area contributed by atoms with Crippen LogP contribution in [0.15, 0.2) is 76.2 Å². The van der Waals surface area contributed by atoms with E-state index >= 15 is 0 Å². The number of allylic oxidation sites excluding steroid dienone is 2. The zero-order valence-electron chi connectivity index (χ0n) is 22.4. The van der Waals surface area contributed by atoms with Gasteiger partial charge in [-0.1, -0.05) is 35.4 Å². The highest BCUT2D eigenvalue weighted by Gasteiger charge is 2.36. The van der Waals surface area contributed by atoms with Gasteiger partial charge in [0.25, 0.3) is 5.56 Å². The van der Waals surface area contributed by atoms with Crippen LogP contribution in [0.4, 0.5) is 0 Å². The Hall–Kier alpha value is -4.75. The molecular formula is C29H27ClN4O6. The van der Waals surface area contributed by atoms with Gasteiger partial charge in [0.05, 0.1) is 36.6 Å². The number of carbonyl (C=O) groups is 1. The summed E-state index contributed by atoms with van der Waals surface area (Å²) in [5.74, 6) is -0.830. The number of nitrogens with two attached hydrogens (primary N) is 1. The fourth-order valence-electron chi connectivity index (χ4n) is 4.22. The quantitative estimate of drug-likeness (QED) is 0.374. The Morgan fingerprint density at radius 1 is 1.12 bits per heavy atom. The van der Waals surface area contributed by atoms with E-state index in [-0.39, 0.29) is 58.3 Å². The lowest BCUT2D eigenvalue weighted by molar-refractivity contribution is -0.139. The lowest BCUT2D eigenvalue weighted by Crippen LogP contribution is -2.25. The average Bonchev–Trinajstić information content (AvgIpc) is 2.92. The predicted molar refractivity (Wildman–Crippen MR) is 147 cm³/mol. The van der Waals surface area contributed by atoms with Crippen LogP contribution < -0.4 is 20.8 Å². The molecule has 10 nitrogen and oxygen atoms in total. The second-order valence-electron chi connectivity index (χ2n) is 8.73. The van der Waals surface area contributed by atoms with Gasteiger partial charge in [-0.15, -0.1) is 0 Å². The molecule has 1 aromatic heterocycles. The molecule has 2 N–H and O–H groups in total. The molecule has 1 atom stereocenters. The lowest BCUT2D eigenvalue weighted by Gasteiger charge is -2.27. The van der Waals surface area contributed by atoms with Crippen LogP contribution in [-0.4, -0.2) is 29.0 Å². The van der Waals surface area contributed by atoms with Gasteiger partial charge in [0.15, 0.2) is 22.3 Å². The summed E-state index contributed by atoms with van der Waals surface area (Å²) in [6.07, 6.45) is 1.34. The third-order valence-electron chi connectivity index (χ3n) is 6.09.